The Morgan fingerprint density at radius 1 is 1.59 bits per heavy atom. The number of nitro benzene ring substituents is 1. The summed E-state index contributed by atoms with van der Waals surface area (Å²) in [5.41, 5.74) is 5.47. The van der Waals surface area contributed by atoms with E-state index in [4.69, 9.17) is 11.1 Å². The lowest BCUT2D eigenvalue weighted by atomic mass is 10.2. The molecule has 0 radical (unpaired) electrons. The van der Waals surface area contributed by atoms with Crippen molar-refractivity contribution in [3.8, 4) is 0 Å². The zero-order chi connectivity index (χ0) is 12.8. The van der Waals surface area contributed by atoms with E-state index in [2.05, 4.69) is 0 Å². The van der Waals surface area contributed by atoms with Gasteiger partial charge in [0.2, 0.25) is 0 Å². The van der Waals surface area contributed by atoms with Gasteiger partial charge in [0.05, 0.1) is 15.7 Å². The highest BCUT2D eigenvalue weighted by Gasteiger charge is 2.17. The maximum atomic E-state index is 10.8. The normalized spacial score (nSPS) is 12.1. The van der Waals surface area contributed by atoms with Crippen molar-refractivity contribution in [1.82, 2.24) is 0 Å². The summed E-state index contributed by atoms with van der Waals surface area (Å²) in [7, 11) is 0. The summed E-state index contributed by atoms with van der Waals surface area (Å²) in [5, 5.41) is 18.2. The van der Waals surface area contributed by atoms with Gasteiger partial charge in [-0.1, -0.05) is 19.1 Å². The number of nitrogens with two attached hydrogens (primary N) is 1. The summed E-state index contributed by atoms with van der Waals surface area (Å²) in [6.07, 6.45) is 1.27. The zero-order valence-electron chi connectivity index (χ0n) is 9.55. The highest BCUT2D eigenvalue weighted by molar-refractivity contribution is 8.00. The third-order valence-corrected chi connectivity index (χ3v) is 3.69. The predicted octanol–water partition coefficient (Wildman–Crippen LogP) is 2.79. The van der Waals surface area contributed by atoms with Crippen molar-refractivity contribution in [2.45, 2.75) is 29.9 Å². The van der Waals surface area contributed by atoms with Gasteiger partial charge in [-0.15, -0.1) is 11.8 Å². The minimum atomic E-state index is -0.386. The first-order valence-electron chi connectivity index (χ1n) is 5.27. The average molecular weight is 253 g/mol. The van der Waals surface area contributed by atoms with E-state index in [0.717, 1.165) is 6.42 Å². The fourth-order valence-corrected chi connectivity index (χ4v) is 2.61. The van der Waals surface area contributed by atoms with Gasteiger partial charge < -0.3 is 5.73 Å². The highest BCUT2D eigenvalue weighted by Crippen LogP contribution is 2.34. The molecule has 0 fully saturated rings. The smallest absolute Gasteiger partial charge is 0.282 e. The molecule has 0 aromatic heterocycles. The van der Waals surface area contributed by atoms with E-state index in [1.54, 1.807) is 18.2 Å². The molecule has 1 rings (SSSR count). The number of thioether (sulfide) groups is 1. The Bertz CT molecular complexity index is 423. The average Bonchev–Trinajstić information content (AvgIpc) is 2.28. The van der Waals surface area contributed by atoms with Crippen LogP contribution in [0.2, 0.25) is 0 Å². The Labute approximate surface area is 104 Å². The molecule has 17 heavy (non-hydrogen) atoms. The summed E-state index contributed by atoms with van der Waals surface area (Å²) in [6, 6.07) is 6.64. The number of amidine groups is 1. The second-order valence-electron chi connectivity index (χ2n) is 3.60. The van der Waals surface area contributed by atoms with Crippen molar-refractivity contribution in [3.63, 3.8) is 0 Å². The van der Waals surface area contributed by atoms with Gasteiger partial charge in [-0.25, -0.2) is 0 Å². The lowest BCUT2D eigenvalue weighted by Gasteiger charge is -2.13. The molecule has 0 aliphatic carbocycles. The van der Waals surface area contributed by atoms with E-state index in [0.29, 0.717) is 11.3 Å². The molecule has 6 heteroatoms. The van der Waals surface area contributed by atoms with Crippen molar-refractivity contribution < 1.29 is 4.92 Å². The maximum Gasteiger partial charge on any atom is 0.282 e. The topological polar surface area (TPSA) is 93.0 Å². The molecule has 0 heterocycles. The molecule has 0 saturated heterocycles. The molecule has 0 aliphatic heterocycles. The van der Waals surface area contributed by atoms with Gasteiger partial charge in [-0.05, 0) is 12.5 Å². The van der Waals surface area contributed by atoms with E-state index < -0.39 is 0 Å². The first kappa shape index (κ1) is 13.5. The fourth-order valence-electron chi connectivity index (χ4n) is 1.40. The molecular weight excluding hydrogens is 238 g/mol. The first-order valence-corrected chi connectivity index (χ1v) is 6.15. The monoisotopic (exact) mass is 253 g/mol. The van der Waals surface area contributed by atoms with Crippen molar-refractivity contribution in [2.24, 2.45) is 5.73 Å². The van der Waals surface area contributed by atoms with Crippen LogP contribution in [0.1, 0.15) is 19.8 Å². The maximum absolute atomic E-state index is 10.8. The summed E-state index contributed by atoms with van der Waals surface area (Å²) in [4.78, 5) is 11.1. The Balaban J connectivity index is 2.85. The predicted molar refractivity (Wildman–Crippen MR) is 69.6 cm³/mol. The van der Waals surface area contributed by atoms with Gasteiger partial charge in [0.1, 0.15) is 0 Å². The van der Waals surface area contributed by atoms with Gasteiger partial charge in [0.15, 0.2) is 0 Å². The van der Waals surface area contributed by atoms with E-state index >= 15 is 0 Å². The number of benzene rings is 1. The second-order valence-corrected chi connectivity index (χ2v) is 4.94. The molecule has 1 aromatic rings. The number of hydrogen-bond donors (Lipinski definition) is 2. The Kier molecular flexibility index (Phi) is 4.96. The summed E-state index contributed by atoms with van der Waals surface area (Å²) in [5.74, 6) is 0.114. The van der Waals surface area contributed by atoms with Crippen molar-refractivity contribution in [3.05, 3.63) is 34.4 Å². The lowest BCUT2D eigenvalue weighted by Crippen LogP contribution is -2.16. The second kappa shape index (κ2) is 6.24. The van der Waals surface area contributed by atoms with Gasteiger partial charge >= 0.3 is 0 Å². The van der Waals surface area contributed by atoms with Crippen LogP contribution in [0, 0.1) is 15.5 Å². The number of nitrogens with one attached hydrogen (secondary N) is 1. The molecule has 1 atom stereocenters. The van der Waals surface area contributed by atoms with Gasteiger partial charge in [-0.3, -0.25) is 15.5 Å². The van der Waals surface area contributed by atoms with Crippen LogP contribution in [-0.4, -0.2) is 16.0 Å². The lowest BCUT2D eigenvalue weighted by molar-refractivity contribution is -0.387. The molecule has 0 saturated carbocycles. The van der Waals surface area contributed by atoms with Crippen molar-refractivity contribution in [2.75, 3.05) is 0 Å². The van der Waals surface area contributed by atoms with Crippen molar-refractivity contribution >= 4 is 23.3 Å². The molecule has 5 nitrogen and oxygen atoms in total. The standard InChI is InChI=1S/C11H15N3O2S/c1-2-8(7-11(12)13)17-10-6-4-3-5-9(10)14(15)16/h3-6,8H,2,7H2,1H3,(H3,12,13). The minimum absolute atomic E-state index is 0.105. The number of rotatable bonds is 6. The van der Waals surface area contributed by atoms with Gasteiger partial charge in [0.25, 0.3) is 5.69 Å². The number of nitro groups is 1. The fraction of sp³-hybridized carbons (Fsp3) is 0.364. The van der Waals surface area contributed by atoms with Crippen LogP contribution >= 0.6 is 11.8 Å². The quantitative estimate of drug-likeness (QED) is 0.268. The summed E-state index contributed by atoms with van der Waals surface area (Å²) < 4.78 is 0. The zero-order valence-corrected chi connectivity index (χ0v) is 10.4. The molecule has 3 N–H and O–H groups in total. The van der Waals surface area contributed by atoms with Crippen LogP contribution in [0.15, 0.2) is 29.2 Å². The first-order chi connectivity index (χ1) is 8.04. The summed E-state index contributed by atoms with van der Waals surface area (Å²) >= 11 is 1.41. The molecule has 1 unspecified atom stereocenters. The van der Waals surface area contributed by atoms with Crippen LogP contribution in [0.3, 0.4) is 0 Å². The SMILES string of the molecule is CCC(CC(=N)N)Sc1ccccc1[N+](=O)[O-]. The van der Waals surface area contributed by atoms with Crippen LogP contribution in [0.5, 0.6) is 0 Å². The Morgan fingerprint density at radius 3 is 2.76 bits per heavy atom. The highest BCUT2D eigenvalue weighted by atomic mass is 32.2. The minimum Gasteiger partial charge on any atom is -0.388 e. The van der Waals surface area contributed by atoms with E-state index in [1.165, 1.54) is 17.8 Å². The van der Waals surface area contributed by atoms with E-state index in [1.807, 2.05) is 6.92 Å². The molecule has 0 spiro atoms. The molecular formula is C11H15N3O2S. The van der Waals surface area contributed by atoms with Crippen LogP contribution in [0.25, 0.3) is 0 Å². The van der Waals surface area contributed by atoms with Crippen molar-refractivity contribution in [1.29, 1.82) is 5.41 Å². The van der Waals surface area contributed by atoms with E-state index in [-0.39, 0.29) is 21.7 Å². The van der Waals surface area contributed by atoms with Crippen LogP contribution < -0.4 is 5.73 Å². The van der Waals surface area contributed by atoms with Crippen LogP contribution in [0.4, 0.5) is 5.69 Å². The van der Waals surface area contributed by atoms with E-state index in [9.17, 15) is 10.1 Å². The molecule has 0 aliphatic rings. The molecule has 92 valence electrons. The Morgan fingerprint density at radius 2 is 2.24 bits per heavy atom. The Hall–Kier alpha value is -1.56. The molecule has 0 bridgehead atoms. The molecule has 1 aromatic carbocycles. The van der Waals surface area contributed by atoms with Gasteiger partial charge in [-0.2, -0.15) is 0 Å². The number of para-hydroxylation sites is 1. The largest absolute Gasteiger partial charge is 0.388 e. The third-order valence-electron chi connectivity index (χ3n) is 2.26. The van der Waals surface area contributed by atoms with Gasteiger partial charge in [0, 0.05) is 17.7 Å². The third kappa shape index (κ3) is 4.07. The molecule has 0 amide bonds. The van der Waals surface area contributed by atoms with Crippen LogP contribution in [-0.2, 0) is 0 Å². The number of nitrogens with zero attached hydrogens (tertiary/aromatic N) is 1. The summed E-state index contributed by atoms with van der Waals surface area (Å²) in [6.45, 7) is 1.98. The number of hydrogen-bond acceptors (Lipinski definition) is 4.